The highest BCUT2D eigenvalue weighted by Gasteiger charge is 2.22. The van der Waals surface area contributed by atoms with Crippen LogP contribution in [0.2, 0.25) is 0 Å². The molecule has 0 spiro atoms. The minimum atomic E-state index is -0.293. The number of aryl methyl sites for hydroxylation is 1. The van der Waals surface area contributed by atoms with Crippen LogP contribution in [-0.2, 0) is 11.2 Å². The first-order valence-electron chi connectivity index (χ1n) is 8.72. The van der Waals surface area contributed by atoms with Crippen LogP contribution in [0.25, 0.3) is 0 Å². The van der Waals surface area contributed by atoms with Crippen LogP contribution in [0.4, 0.5) is 0 Å². The highest BCUT2D eigenvalue weighted by atomic mass is 16.5. The second-order valence-electron chi connectivity index (χ2n) is 6.45. The van der Waals surface area contributed by atoms with E-state index in [9.17, 15) is 10.1 Å². The molecule has 134 valence electrons. The van der Waals surface area contributed by atoms with Crippen LogP contribution in [0, 0.1) is 17.2 Å². The monoisotopic (exact) mass is 351 g/mol. The van der Waals surface area contributed by atoms with Gasteiger partial charge in [-0.1, -0.05) is 6.07 Å². The summed E-state index contributed by atoms with van der Waals surface area (Å²) in [6.07, 6.45) is 5.92. The van der Waals surface area contributed by atoms with Crippen molar-refractivity contribution in [2.75, 3.05) is 6.61 Å². The molecule has 0 unspecified atom stereocenters. The SMILES string of the molecule is N#Cc1ccc(Oc2ccc(CCCC(N)=O)cn2)cc1OCC1CC1. The van der Waals surface area contributed by atoms with Gasteiger partial charge in [-0.05, 0) is 49.3 Å². The van der Waals surface area contributed by atoms with Crippen molar-refractivity contribution in [1.29, 1.82) is 5.26 Å². The van der Waals surface area contributed by atoms with Crippen molar-refractivity contribution in [3.8, 4) is 23.4 Å². The Hall–Kier alpha value is -3.07. The number of ether oxygens (including phenoxy) is 2. The molecule has 2 N–H and O–H groups in total. The summed E-state index contributed by atoms with van der Waals surface area (Å²) in [7, 11) is 0. The molecule has 1 amide bonds. The van der Waals surface area contributed by atoms with Crippen molar-refractivity contribution in [1.82, 2.24) is 4.98 Å². The Morgan fingerprint density at radius 2 is 2.15 bits per heavy atom. The summed E-state index contributed by atoms with van der Waals surface area (Å²) in [5.74, 6) is 1.89. The fourth-order valence-corrected chi connectivity index (χ4v) is 2.48. The number of carbonyl (C=O) groups excluding carboxylic acids is 1. The third-order valence-electron chi connectivity index (χ3n) is 4.15. The van der Waals surface area contributed by atoms with Gasteiger partial charge >= 0.3 is 0 Å². The smallest absolute Gasteiger partial charge is 0.219 e. The molecule has 1 aliphatic rings. The number of amides is 1. The average Bonchev–Trinajstić information content (AvgIpc) is 3.46. The quantitative estimate of drug-likeness (QED) is 0.747. The normalized spacial score (nSPS) is 13.0. The summed E-state index contributed by atoms with van der Waals surface area (Å²) in [4.78, 5) is 15.0. The average molecular weight is 351 g/mol. The Bertz CT molecular complexity index is 808. The zero-order valence-electron chi connectivity index (χ0n) is 14.5. The molecule has 1 aromatic heterocycles. The van der Waals surface area contributed by atoms with Crippen molar-refractivity contribution in [3.63, 3.8) is 0 Å². The maximum atomic E-state index is 10.8. The highest BCUT2D eigenvalue weighted by molar-refractivity contribution is 5.73. The molecule has 0 atom stereocenters. The van der Waals surface area contributed by atoms with Gasteiger partial charge in [-0.2, -0.15) is 5.26 Å². The lowest BCUT2D eigenvalue weighted by Crippen LogP contribution is -2.10. The maximum absolute atomic E-state index is 10.8. The summed E-state index contributed by atoms with van der Waals surface area (Å²) < 4.78 is 11.5. The highest BCUT2D eigenvalue weighted by Crippen LogP contribution is 2.32. The molecule has 1 fully saturated rings. The van der Waals surface area contributed by atoms with Crippen molar-refractivity contribution >= 4 is 5.91 Å². The molecule has 1 saturated carbocycles. The molecule has 1 heterocycles. The molecule has 2 aromatic rings. The topological polar surface area (TPSA) is 98.2 Å². The van der Waals surface area contributed by atoms with E-state index in [4.69, 9.17) is 15.2 Å². The molecule has 0 saturated heterocycles. The largest absolute Gasteiger partial charge is 0.492 e. The minimum absolute atomic E-state index is 0.293. The number of pyridine rings is 1. The van der Waals surface area contributed by atoms with Crippen LogP contribution in [0.5, 0.6) is 17.4 Å². The van der Waals surface area contributed by atoms with E-state index in [1.807, 2.05) is 6.07 Å². The van der Waals surface area contributed by atoms with Gasteiger partial charge in [0.25, 0.3) is 0 Å². The Labute approximate surface area is 152 Å². The van der Waals surface area contributed by atoms with Crippen molar-refractivity contribution in [3.05, 3.63) is 47.7 Å². The molecule has 26 heavy (non-hydrogen) atoms. The molecular weight excluding hydrogens is 330 g/mol. The number of benzene rings is 1. The van der Waals surface area contributed by atoms with Gasteiger partial charge in [0.2, 0.25) is 11.8 Å². The van der Waals surface area contributed by atoms with Gasteiger partial charge in [-0.3, -0.25) is 4.79 Å². The Morgan fingerprint density at radius 1 is 1.31 bits per heavy atom. The van der Waals surface area contributed by atoms with Gasteiger partial charge in [0.05, 0.1) is 12.2 Å². The summed E-state index contributed by atoms with van der Waals surface area (Å²) in [6, 6.07) is 11.0. The molecule has 1 aliphatic carbocycles. The van der Waals surface area contributed by atoms with E-state index in [0.717, 1.165) is 12.0 Å². The van der Waals surface area contributed by atoms with Crippen LogP contribution < -0.4 is 15.2 Å². The Morgan fingerprint density at radius 3 is 2.81 bits per heavy atom. The lowest BCUT2D eigenvalue weighted by molar-refractivity contribution is -0.118. The third kappa shape index (κ3) is 5.21. The Balaban J connectivity index is 1.61. The number of hydrogen-bond donors (Lipinski definition) is 1. The number of nitriles is 1. The van der Waals surface area contributed by atoms with Crippen LogP contribution >= 0.6 is 0 Å². The zero-order chi connectivity index (χ0) is 18.4. The lowest BCUT2D eigenvalue weighted by Gasteiger charge is -2.10. The summed E-state index contributed by atoms with van der Waals surface area (Å²) in [5.41, 5.74) is 6.65. The first kappa shape index (κ1) is 17.7. The third-order valence-corrected chi connectivity index (χ3v) is 4.15. The van der Waals surface area contributed by atoms with Gasteiger partial charge in [0.15, 0.2) is 0 Å². The van der Waals surface area contributed by atoms with Gasteiger partial charge < -0.3 is 15.2 Å². The lowest BCUT2D eigenvalue weighted by atomic mass is 10.1. The second-order valence-corrected chi connectivity index (χ2v) is 6.45. The predicted octanol–water partition coefficient (Wildman–Crippen LogP) is 3.34. The van der Waals surface area contributed by atoms with Crippen molar-refractivity contribution < 1.29 is 14.3 Å². The minimum Gasteiger partial charge on any atom is -0.492 e. The van der Waals surface area contributed by atoms with Crippen molar-refractivity contribution in [2.24, 2.45) is 11.7 Å². The molecule has 6 nitrogen and oxygen atoms in total. The van der Waals surface area contributed by atoms with Crippen LogP contribution in [-0.4, -0.2) is 17.5 Å². The van der Waals surface area contributed by atoms with Gasteiger partial charge in [0, 0.05) is 24.8 Å². The van der Waals surface area contributed by atoms with E-state index in [-0.39, 0.29) is 5.91 Å². The Kier molecular flexibility index (Phi) is 5.69. The van der Waals surface area contributed by atoms with Gasteiger partial charge in [0.1, 0.15) is 17.6 Å². The molecule has 6 heteroatoms. The molecule has 3 rings (SSSR count). The van der Waals surface area contributed by atoms with E-state index in [1.165, 1.54) is 12.8 Å². The van der Waals surface area contributed by atoms with E-state index in [2.05, 4.69) is 11.1 Å². The fourth-order valence-electron chi connectivity index (χ4n) is 2.48. The number of carbonyl (C=O) groups is 1. The van der Waals surface area contributed by atoms with E-state index in [0.29, 0.717) is 48.3 Å². The van der Waals surface area contributed by atoms with E-state index < -0.39 is 0 Å². The van der Waals surface area contributed by atoms with Crippen LogP contribution in [0.15, 0.2) is 36.5 Å². The zero-order valence-corrected chi connectivity index (χ0v) is 14.5. The fraction of sp³-hybridized carbons (Fsp3) is 0.350. The van der Waals surface area contributed by atoms with Crippen LogP contribution in [0.3, 0.4) is 0 Å². The molecule has 0 aliphatic heterocycles. The standard InChI is InChI=1S/C20H21N3O3/c21-11-16-7-8-17(10-18(16)25-13-15-4-5-15)26-20-9-6-14(12-23-20)2-1-3-19(22)24/h6-10,12,15H,1-5,13H2,(H2,22,24). The second kappa shape index (κ2) is 8.34. The number of nitrogens with two attached hydrogens (primary N) is 1. The summed E-state index contributed by atoms with van der Waals surface area (Å²) in [5, 5.41) is 9.20. The number of rotatable bonds is 9. The summed E-state index contributed by atoms with van der Waals surface area (Å²) >= 11 is 0. The van der Waals surface area contributed by atoms with E-state index >= 15 is 0 Å². The number of nitrogens with zero attached hydrogens (tertiary/aromatic N) is 2. The molecule has 0 radical (unpaired) electrons. The number of primary amides is 1. The molecule has 1 aromatic carbocycles. The van der Waals surface area contributed by atoms with Gasteiger partial charge in [-0.15, -0.1) is 0 Å². The van der Waals surface area contributed by atoms with E-state index in [1.54, 1.807) is 30.5 Å². The number of hydrogen-bond acceptors (Lipinski definition) is 5. The van der Waals surface area contributed by atoms with Crippen molar-refractivity contribution in [2.45, 2.75) is 32.1 Å². The number of aromatic nitrogens is 1. The maximum Gasteiger partial charge on any atom is 0.219 e. The summed E-state index contributed by atoms with van der Waals surface area (Å²) in [6.45, 7) is 0.635. The molecule has 0 bridgehead atoms. The predicted molar refractivity (Wildman–Crippen MR) is 95.8 cm³/mol. The van der Waals surface area contributed by atoms with Gasteiger partial charge in [-0.25, -0.2) is 4.98 Å². The molecular formula is C20H21N3O3. The first-order valence-corrected chi connectivity index (χ1v) is 8.72. The first-order chi connectivity index (χ1) is 12.6. The van der Waals surface area contributed by atoms with Crippen LogP contribution in [0.1, 0.15) is 36.8 Å².